The molecule has 1 aromatic heterocycles. The highest BCUT2D eigenvalue weighted by molar-refractivity contribution is 5.34. The van der Waals surface area contributed by atoms with Gasteiger partial charge in [-0.05, 0) is 30.5 Å². The fourth-order valence-electron chi connectivity index (χ4n) is 1.84. The Hall–Kier alpha value is -1.74. The third-order valence-electron chi connectivity index (χ3n) is 2.81. The number of pyridine rings is 1. The lowest BCUT2D eigenvalue weighted by atomic mass is 9.98. The summed E-state index contributed by atoms with van der Waals surface area (Å²) in [6, 6.07) is 6.73. The molecule has 0 fully saturated rings. The van der Waals surface area contributed by atoms with E-state index in [0.29, 0.717) is 11.1 Å². The molecule has 1 aromatic carbocycles. The Balaban J connectivity index is 2.44. The van der Waals surface area contributed by atoms with Crippen LogP contribution in [0.3, 0.4) is 0 Å². The predicted molar refractivity (Wildman–Crippen MR) is 66.1 cm³/mol. The Morgan fingerprint density at radius 1 is 1.24 bits per heavy atom. The van der Waals surface area contributed by atoms with Gasteiger partial charge < -0.3 is 5.73 Å². The number of nitrogens with zero attached hydrogens (tertiary/aromatic N) is 1. The molecule has 0 saturated heterocycles. The summed E-state index contributed by atoms with van der Waals surface area (Å²) in [5.74, 6) is -0.235. The van der Waals surface area contributed by atoms with Gasteiger partial charge in [-0.1, -0.05) is 24.3 Å². The molecule has 1 unspecified atom stereocenters. The minimum Gasteiger partial charge on any atom is -0.320 e. The molecule has 1 heterocycles. The van der Waals surface area contributed by atoms with E-state index in [9.17, 15) is 4.39 Å². The Morgan fingerprint density at radius 3 is 2.71 bits per heavy atom. The van der Waals surface area contributed by atoms with E-state index < -0.39 is 6.04 Å². The largest absolute Gasteiger partial charge is 0.320 e. The van der Waals surface area contributed by atoms with E-state index in [1.807, 2.05) is 19.1 Å². The van der Waals surface area contributed by atoms with E-state index in [2.05, 4.69) is 4.98 Å². The molecule has 0 radical (unpaired) electrons. The molecule has 2 aromatic rings. The van der Waals surface area contributed by atoms with E-state index in [1.54, 1.807) is 31.5 Å². The van der Waals surface area contributed by atoms with E-state index >= 15 is 0 Å². The maximum Gasteiger partial charge on any atom is 0.131 e. The molecule has 1 atom stereocenters. The second-order valence-corrected chi connectivity index (χ2v) is 4.25. The highest BCUT2D eigenvalue weighted by atomic mass is 19.1. The van der Waals surface area contributed by atoms with Crippen molar-refractivity contribution in [3.63, 3.8) is 0 Å². The van der Waals surface area contributed by atoms with Crippen molar-refractivity contribution in [2.45, 2.75) is 19.9 Å². The zero-order chi connectivity index (χ0) is 12.4. The zero-order valence-corrected chi connectivity index (χ0v) is 9.94. The van der Waals surface area contributed by atoms with Gasteiger partial charge in [-0.25, -0.2) is 4.39 Å². The molecule has 2 N–H and O–H groups in total. The Bertz CT molecular complexity index is 537. The quantitative estimate of drug-likeness (QED) is 0.861. The lowest BCUT2D eigenvalue weighted by Gasteiger charge is -2.14. The summed E-state index contributed by atoms with van der Waals surface area (Å²) in [6.07, 6.45) is 3.43. The van der Waals surface area contributed by atoms with Crippen LogP contribution < -0.4 is 5.73 Å². The lowest BCUT2D eigenvalue weighted by molar-refractivity contribution is 0.590. The van der Waals surface area contributed by atoms with E-state index in [0.717, 1.165) is 11.1 Å². The van der Waals surface area contributed by atoms with Crippen molar-refractivity contribution in [3.05, 3.63) is 64.7 Å². The van der Waals surface area contributed by atoms with Crippen molar-refractivity contribution in [2.75, 3.05) is 0 Å². The lowest BCUT2D eigenvalue weighted by Crippen LogP contribution is -2.14. The van der Waals surface area contributed by atoms with Crippen molar-refractivity contribution >= 4 is 0 Å². The monoisotopic (exact) mass is 230 g/mol. The smallest absolute Gasteiger partial charge is 0.131 e. The summed E-state index contributed by atoms with van der Waals surface area (Å²) < 4.78 is 13.9. The van der Waals surface area contributed by atoms with Gasteiger partial charge in [-0.15, -0.1) is 0 Å². The fourth-order valence-corrected chi connectivity index (χ4v) is 1.84. The van der Waals surface area contributed by atoms with Crippen LogP contribution in [0.4, 0.5) is 4.39 Å². The maximum atomic E-state index is 13.9. The molecule has 0 aliphatic heterocycles. The maximum absolute atomic E-state index is 13.9. The van der Waals surface area contributed by atoms with E-state index in [4.69, 9.17) is 5.73 Å². The van der Waals surface area contributed by atoms with Crippen molar-refractivity contribution in [1.29, 1.82) is 0 Å². The molecule has 0 spiro atoms. The van der Waals surface area contributed by atoms with Crippen LogP contribution in [0.25, 0.3) is 0 Å². The second-order valence-electron chi connectivity index (χ2n) is 4.25. The van der Waals surface area contributed by atoms with Gasteiger partial charge in [0.2, 0.25) is 0 Å². The normalized spacial score (nSPS) is 12.5. The molecule has 2 rings (SSSR count). The first-order valence-corrected chi connectivity index (χ1v) is 5.51. The average Bonchev–Trinajstić information content (AvgIpc) is 2.32. The van der Waals surface area contributed by atoms with Crippen molar-refractivity contribution in [1.82, 2.24) is 4.98 Å². The molecule has 2 nitrogen and oxygen atoms in total. The van der Waals surface area contributed by atoms with Crippen LogP contribution in [0.15, 0.2) is 36.7 Å². The molecular formula is C14H15FN2. The first-order chi connectivity index (χ1) is 8.09. The standard InChI is InChI=1S/C14H15FN2/c1-9-6-11(8-17-7-9)14(16)12-5-3-4-10(2)13(12)15/h3-8,14H,16H2,1-2H3. The highest BCUT2D eigenvalue weighted by Crippen LogP contribution is 2.23. The highest BCUT2D eigenvalue weighted by Gasteiger charge is 2.14. The Labute approximate surface area is 100 Å². The van der Waals surface area contributed by atoms with Crippen LogP contribution in [0.1, 0.15) is 28.3 Å². The number of rotatable bonds is 2. The van der Waals surface area contributed by atoms with Crippen LogP contribution in [0.2, 0.25) is 0 Å². The van der Waals surface area contributed by atoms with Crippen LogP contribution in [-0.2, 0) is 0 Å². The average molecular weight is 230 g/mol. The molecule has 3 heteroatoms. The van der Waals surface area contributed by atoms with Gasteiger partial charge in [0, 0.05) is 18.0 Å². The zero-order valence-electron chi connectivity index (χ0n) is 9.94. The molecule has 17 heavy (non-hydrogen) atoms. The summed E-state index contributed by atoms with van der Waals surface area (Å²) in [5, 5.41) is 0. The van der Waals surface area contributed by atoms with Crippen LogP contribution in [0, 0.1) is 19.7 Å². The van der Waals surface area contributed by atoms with Gasteiger partial charge in [0.05, 0.1) is 6.04 Å². The third kappa shape index (κ3) is 2.34. The van der Waals surface area contributed by atoms with Gasteiger partial charge in [0.1, 0.15) is 5.82 Å². The summed E-state index contributed by atoms with van der Waals surface area (Å²) in [5.41, 5.74) is 9.04. The summed E-state index contributed by atoms with van der Waals surface area (Å²) in [4.78, 5) is 4.08. The number of hydrogen-bond donors (Lipinski definition) is 1. The van der Waals surface area contributed by atoms with Gasteiger partial charge in [0.15, 0.2) is 0 Å². The van der Waals surface area contributed by atoms with Crippen molar-refractivity contribution in [2.24, 2.45) is 5.73 Å². The minimum absolute atomic E-state index is 0.235. The number of aryl methyl sites for hydroxylation is 2. The second kappa shape index (κ2) is 4.63. The molecule has 0 saturated carbocycles. The summed E-state index contributed by atoms with van der Waals surface area (Å²) >= 11 is 0. The van der Waals surface area contributed by atoms with Crippen LogP contribution >= 0.6 is 0 Å². The Morgan fingerprint density at radius 2 is 2.00 bits per heavy atom. The number of aromatic nitrogens is 1. The van der Waals surface area contributed by atoms with Crippen molar-refractivity contribution < 1.29 is 4.39 Å². The summed E-state index contributed by atoms with van der Waals surface area (Å²) in [7, 11) is 0. The molecule has 88 valence electrons. The van der Waals surface area contributed by atoms with Crippen LogP contribution in [0.5, 0.6) is 0 Å². The predicted octanol–water partition coefficient (Wildman–Crippen LogP) is 2.89. The first kappa shape index (κ1) is 11.7. The first-order valence-electron chi connectivity index (χ1n) is 5.51. The number of nitrogens with two attached hydrogens (primary N) is 1. The van der Waals surface area contributed by atoms with Gasteiger partial charge >= 0.3 is 0 Å². The van der Waals surface area contributed by atoms with Crippen molar-refractivity contribution in [3.8, 4) is 0 Å². The molecular weight excluding hydrogens is 215 g/mol. The molecule has 0 aliphatic carbocycles. The molecule has 0 bridgehead atoms. The summed E-state index contributed by atoms with van der Waals surface area (Å²) in [6.45, 7) is 3.68. The third-order valence-corrected chi connectivity index (χ3v) is 2.81. The number of benzene rings is 1. The van der Waals surface area contributed by atoms with Gasteiger partial charge in [-0.2, -0.15) is 0 Å². The Kier molecular flexibility index (Phi) is 3.20. The van der Waals surface area contributed by atoms with E-state index in [1.165, 1.54) is 0 Å². The van der Waals surface area contributed by atoms with Gasteiger partial charge in [-0.3, -0.25) is 4.98 Å². The fraction of sp³-hybridized carbons (Fsp3) is 0.214. The minimum atomic E-state index is -0.470. The molecule has 0 aliphatic rings. The number of halogens is 1. The number of hydrogen-bond acceptors (Lipinski definition) is 2. The van der Waals surface area contributed by atoms with Gasteiger partial charge in [0.25, 0.3) is 0 Å². The molecule has 0 amide bonds. The topological polar surface area (TPSA) is 38.9 Å². The SMILES string of the molecule is Cc1cncc(C(N)c2cccc(C)c2F)c1. The van der Waals surface area contributed by atoms with Crippen LogP contribution in [-0.4, -0.2) is 4.98 Å². The van der Waals surface area contributed by atoms with E-state index in [-0.39, 0.29) is 5.82 Å².